The van der Waals surface area contributed by atoms with Gasteiger partial charge in [0.05, 0.1) is 7.11 Å². The summed E-state index contributed by atoms with van der Waals surface area (Å²) in [5.41, 5.74) is 1.87. The molecule has 0 atom stereocenters. The van der Waals surface area contributed by atoms with E-state index in [-0.39, 0.29) is 0 Å². The van der Waals surface area contributed by atoms with Crippen molar-refractivity contribution in [2.75, 3.05) is 7.11 Å². The van der Waals surface area contributed by atoms with Crippen LogP contribution in [0, 0.1) is 0 Å². The monoisotopic (exact) mass is 315 g/mol. The molecule has 0 spiro atoms. The van der Waals surface area contributed by atoms with Crippen LogP contribution in [0.5, 0.6) is 11.5 Å². The fourth-order valence-electron chi connectivity index (χ4n) is 4.01. The van der Waals surface area contributed by atoms with Gasteiger partial charge in [-0.15, -0.1) is 0 Å². The summed E-state index contributed by atoms with van der Waals surface area (Å²) in [7, 11) is 1.69. The molecule has 2 fully saturated rings. The van der Waals surface area contributed by atoms with E-state index < -0.39 is 0 Å². The Balaban J connectivity index is 1.84. The second-order valence-corrected chi connectivity index (χ2v) is 7.06. The molecule has 1 N–H and O–H groups in total. The van der Waals surface area contributed by atoms with Crippen molar-refractivity contribution in [2.24, 2.45) is 4.99 Å². The molecular weight excluding hydrogens is 286 g/mol. The second-order valence-electron chi connectivity index (χ2n) is 7.06. The summed E-state index contributed by atoms with van der Waals surface area (Å²) in [6, 6.07) is 4.35. The van der Waals surface area contributed by atoms with Crippen molar-refractivity contribution in [1.29, 1.82) is 0 Å². The highest BCUT2D eigenvalue weighted by Crippen LogP contribution is 2.40. The largest absolute Gasteiger partial charge is 0.507 e. The summed E-state index contributed by atoms with van der Waals surface area (Å²) in [5, 5.41) is 10.7. The first kappa shape index (κ1) is 16.4. The first-order valence-corrected chi connectivity index (χ1v) is 9.22. The van der Waals surface area contributed by atoms with E-state index in [1.165, 1.54) is 64.2 Å². The normalized spacial score (nSPS) is 20.9. The molecule has 23 heavy (non-hydrogen) atoms. The smallest absolute Gasteiger partial charge is 0.128 e. The third-order valence-electron chi connectivity index (χ3n) is 5.42. The van der Waals surface area contributed by atoms with E-state index in [9.17, 15) is 5.11 Å². The van der Waals surface area contributed by atoms with Crippen LogP contribution in [0.25, 0.3) is 0 Å². The Kier molecular flexibility index (Phi) is 5.58. The van der Waals surface area contributed by atoms with Crippen molar-refractivity contribution in [3.8, 4) is 11.5 Å². The Labute approximate surface area is 139 Å². The van der Waals surface area contributed by atoms with Gasteiger partial charge in [0.2, 0.25) is 0 Å². The van der Waals surface area contributed by atoms with Gasteiger partial charge in [-0.3, -0.25) is 4.99 Å². The van der Waals surface area contributed by atoms with Crippen molar-refractivity contribution < 1.29 is 9.84 Å². The molecule has 3 rings (SSSR count). The number of nitrogens with zero attached hydrogens (tertiary/aromatic N) is 1. The number of phenols is 1. The van der Waals surface area contributed by atoms with E-state index in [4.69, 9.17) is 9.73 Å². The summed E-state index contributed by atoms with van der Waals surface area (Å²) in [5.74, 6) is 1.70. The number of phenolic OH excluding ortho intramolecular Hbond substituents is 1. The average Bonchev–Trinajstić information content (AvgIpc) is 2.62. The van der Waals surface area contributed by atoms with Crippen LogP contribution in [-0.4, -0.2) is 24.5 Å². The molecule has 126 valence electrons. The number of hydrogen-bond acceptors (Lipinski definition) is 3. The zero-order chi connectivity index (χ0) is 16.1. The lowest BCUT2D eigenvalue weighted by Gasteiger charge is -2.24. The van der Waals surface area contributed by atoms with Gasteiger partial charge < -0.3 is 9.84 Å². The Morgan fingerprint density at radius 2 is 1.65 bits per heavy atom. The van der Waals surface area contributed by atoms with Gasteiger partial charge in [-0.2, -0.15) is 0 Å². The van der Waals surface area contributed by atoms with Crippen LogP contribution >= 0.6 is 0 Å². The molecule has 0 bridgehead atoms. The van der Waals surface area contributed by atoms with E-state index in [1.54, 1.807) is 7.11 Å². The topological polar surface area (TPSA) is 41.8 Å². The van der Waals surface area contributed by atoms with Gasteiger partial charge in [-0.1, -0.05) is 38.5 Å². The molecule has 0 radical (unpaired) electrons. The van der Waals surface area contributed by atoms with Gasteiger partial charge in [0.1, 0.15) is 11.5 Å². The molecule has 1 aromatic carbocycles. The molecule has 0 heterocycles. The molecule has 0 unspecified atom stereocenters. The molecule has 3 heteroatoms. The molecule has 0 aliphatic heterocycles. The minimum atomic E-state index is 0.414. The fourth-order valence-corrected chi connectivity index (χ4v) is 4.01. The lowest BCUT2D eigenvalue weighted by Crippen LogP contribution is -2.10. The van der Waals surface area contributed by atoms with Crippen LogP contribution in [0.15, 0.2) is 17.1 Å². The van der Waals surface area contributed by atoms with Gasteiger partial charge in [0, 0.05) is 23.4 Å². The number of aromatic hydroxyl groups is 1. The van der Waals surface area contributed by atoms with Crippen LogP contribution in [0.1, 0.15) is 81.3 Å². The molecule has 2 aliphatic carbocycles. The molecule has 1 aromatic rings. The Bertz CT molecular complexity index is 541. The van der Waals surface area contributed by atoms with Crippen LogP contribution in [0.3, 0.4) is 0 Å². The number of aliphatic imine (C=N–C) groups is 1. The van der Waals surface area contributed by atoms with Gasteiger partial charge in [-0.05, 0) is 43.7 Å². The number of ether oxygens (including phenoxy) is 1. The molecule has 2 saturated carbocycles. The molecular formula is C20H29NO2. The Morgan fingerprint density at radius 1 is 1.00 bits per heavy atom. The first-order valence-electron chi connectivity index (χ1n) is 9.22. The summed E-state index contributed by atoms with van der Waals surface area (Å²) in [6.45, 7) is 0. The molecule has 0 saturated heterocycles. The van der Waals surface area contributed by atoms with Crippen LogP contribution in [-0.2, 0) is 0 Å². The van der Waals surface area contributed by atoms with Crippen molar-refractivity contribution in [3.05, 3.63) is 23.3 Å². The van der Waals surface area contributed by atoms with Gasteiger partial charge in [0.15, 0.2) is 0 Å². The lowest BCUT2D eigenvalue weighted by molar-refractivity contribution is 0.396. The Morgan fingerprint density at radius 3 is 2.30 bits per heavy atom. The number of benzene rings is 1. The average molecular weight is 315 g/mol. The van der Waals surface area contributed by atoms with Crippen molar-refractivity contribution in [3.63, 3.8) is 0 Å². The van der Waals surface area contributed by atoms with Crippen molar-refractivity contribution in [1.82, 2.24) is 0 Å². The van der Waals surface area contributed by atoms with E-state index in [1.807, 2.05) is 18.3 Å². The zero-order valence-corrected chi connectivity index (χ0v) is 14.3. The molecule has 3 nitrogen and oxygen atoms in total. The molecule has 2 aliphatic rings. The maximum Gasteiger partial charge on any atom is 0.128 e. The maximum atomic E-state index is 10.7. The summed E-state index contributed by atoms with van der Waals surface area (Å²) in [6.07, 6.45) is 14.3. The van der Waals surface area contributed by atoms with E-state index in [2.05, 4.69) is 0 Å². The van der Waals surface area contributed by atoms with E-state index >= 15 is 0 Å². The zero-order valence-electron chi connectivity index (χ0n) is 14.3. The van der Waals surface area contributed by atoms with E-state index in [0.29, 0.717) is 17.7 Å². The van der Waals surface area contributed by atoms with Gasteiger partial charge in [-0.25, -0.2) is 0 Å². The lowest BCUT2D eigenvalue weighted by atomic mass is 9.83. The summed E-state index contributed by atoms with van der Waals surface area (Å²) in [4.78, 5) is 4.74. The predicted molar refractivity (Wildman–Crippen MR) is 95.0 cm³/mol. The van der Waals surface area contributed by atoms with Crippen LogP contribution in [0.2, 0.25) is 0 Å². The Hall–Kier alpha value is -1.51. The number of hydrogen-bond donors (Lipinski definition) is 1. The minimum Gasteiger partial charge on any atom is -0.507 e. The summed E-state index contributed by atoms with van der Waals surface area (Å²) >= 11 is 0. The number of rotatable bonds is 4. The summed E-state index contributed by atoms with van der Waals surface area (Å²) < 4.78 is 5.46. The third kappa shape index (κ3) is 4.07. The second kappa shape index (κ2) is 7.85. The fraction of sp³-hybridized carbons (Fsp3) is 0.650. The van der Waals surface area contributed by atoms with Crippen LogP contribution in [0.4, 0.5) is 0 Å². The predicted octanol–water partition coefficient (Wildman–Crippen LogP) is 5.20. The quantitative estimate of drug-likeness (QED) is 0.776. The highest BCUT2D eigenvalue weighted by molar-refractivity contribution is 5.85. The highest BCUT2D eigenvalue weighted by atomic mass is 16.5. The van der Waals surface area contributed by atoms with Crippen molar-refractivity contribution in [2.45, 2.75) is 76.2 Å². The molecule has 0 aromatic heterocycles. The minimum absolute atomic E-state index is 0.414. The van der Waals surface area contributed by atoms with Crippen molar-refractivity contribution >= 4 is 6.21 Å². The van der Waals surface area contributed by atoms with Gasteiger partial charge in [0.25, 0.3) is 0 Å². The molecule has 0 amide bonds. The first-order chi connectivity index (χ1) is 11.3. The third-order valence-corrected chi connectivity index (χ3v) is 5.42. The highest BCUT2D eigenvalue weighted by Gasteiger charge is 2.21. The number of methoxy groups -OCH3 is 1. The van der Waals surface area contributed by atoms with E-state index in [0.717, 1.165) is 16.9 Å². The SMILES string of the molecule is COc1cc(C=NC2CCCCC2)c(O)c(C2CCCCC2)c1. The van der Waals surface area contributed by atoms with Gasteiger partial charge >= 0.3 is 0 Å². The maximum absolute atomic E-state index is 10.7. The van der Waals surface area contributed by atoms with Crippen LogP contribution < -0.4 is 4.74 Å². The standard InChI is InChI=1S/C20H29NO2/c1-23-18-12-16(14-21-17-10-6-3-7-11-17)20(22)19(13-18)15-8-4-2-5-9-15/h12-15,17,22H,2-11H2,1H3.